The Bertz CT molecular complexity index is 562. The molecular weight excluding hydrogens is 298 g/mol. The first-order chi connectivity index (χ1) is 10.5. The van der Waals surface area contributed by atoms with Gasteiger partial charge in [0.25, 0.3) is 0 Å². The number of nitrogens with zero attached hydrogens (tertiary/aromatic N) is 2. The van der Waals surface area contributed by atoms with Crippen molar-refractivity contribution < 1.29 is 4.79 Å². The molecule has 1 atom stereocenters. The summed E-state index contributed by atoms with van der Waals surface area (Å²) in [5.41, 5.74) is 4.46. The summed E-state index contributed by atoms with van der Waals surface area (Å²) in [5.74, 6) is 0.674. The van der Waals surface area contributed by atoms with Gasteiger partial charge in [-0.1, -0.05) is 26.0 Å². The van der Waals surface area contributed by atoms with Crippen molar-refractivity contribution in [3.05, 3.63) is 35.4 Å². The molecule has 1 aromatic carbocycles. The number of hydrogen-bond acceptors (Lipinski definition) is 3. The van der Waals surface area contributed by atoms with E-state index in [4.69, 9.17) is 16.9 Å². The van der Waals surface area contributed by atoms with Crippen LogP contribution in [-0.4, -0.2) is 23.3 Å². The number of halogens is 1. The maximum Gasteiger partial charge on any atom is 0.242 e. The maximum absolute atomic E-state index is 12.8. The zero-order valence-electron chi connectivity index (χ0n) is 13.1. The predicted molar refractivity (Wildman–Crippen MR) is 87.1 cm³/mol. The summed E-state index contributed by atoms with van der Waals surface area (Å²) >= 11 is 5.76. The average molecular weight is 320 g/mol. The van der Waals surface area contributed by atoms with Crippen molar-refractivity contribution in [1.29, 1.82) is 5.26 Å². The topological polar surface area (TPSA) is 56.1 Å². The zero-order valence-corrected chi connectivity index (χ0v) is 13.9. The molecular formula is C17H22ClN3O. The Morgan fingerprint density at radius 3 is 2.73 bits per heavy atom. The minimum absolute atomic E-state index is 0.0236. The Hall–Kier alpha value is -1.57. The van der Waals surface area contributed by atoms with Gasteiger partial charge >= 0.3 is 0 Å². The summed E-state index contributed by atoms with van der Waals surface area (Å²) in [4.78, 5) is 12.8. The quantitative estimate of drug-likeness (QED) is 0.846. The highest BCUT2D eigenvalue weighted by molar-refractivity contribution is 6.17. The van der Waals surface area contributed by atoms with Gasteiger partial charge in [0.2, 0.25) is 5.91 Å². The van der Waals surface area contributed by atoms with Crippen LogP contribution in [0.5, 0.6) is 0 Å². The van der Waals surface area contributed by atoms with Crippen LogP contribution in [0.2, 0.25) is 0 Å². The Kier molecular flexibility index (Phi) is 5.44. The number of carbonyl (C=O) groups is 1. The van der Waals surface area contributed by atoms with Crippen LogP contribution in [0.25, 0.3) is 0 Å². The third-order valence-corrected chi connectivity index (χ3v) is 4.44. The van der Waals surface area contributed by atoms with Crippen LogP contribution < -0.4 is 5.43 Å². The number of alkyl halides is 1. The second-order valence-corrected chi connectivity index (χ2v) is 6.68. The van der Waals surface area contributed by atoms with Gasteiger partial charge in [-0.3, -0.25) is 9.80 Å². The smallest absolute Gasteiger partial charge is 0.242 e. The number of nitrogens with one attached hydrogen (secondary N) is 1. The SMILES string of the molecule is CC(C)(CCCCl)C(=O)N1NCCC1c1ccc(C#N)cc1. The predicted octanol–water partition coefficient (Wildman–Crippen LogP) is 3.38. The van der Waals surface area contributed by atoms with Crippen LogP contribution in [-0.2, 0) is 4.79 Å². The summed E-state index contributed by atoms with van der Waals surface area (Å²) in [6.07, 6.45) is 2.48. The summed E-state index contributed by atoms with van der Waals surface area (Å²) in [5, 5.41) is 10.6. The summed E-state index contributed by atoms with van der Waals surface area (Å²) in [7, 11) is 0. The fourth-order valence-electron chi connectivity index (χ4n) is 2.81. The molecule has 0 bridgehead atoms. The summed E-state index contributed by atoms with van der Waals surface area (Å²) in [6.45, 7) is 4.72. The molecule has 1 heterocycles. The fraction of sp³-hybridized carbons (Fsp3) is 0.529. The third-order valence-electron chi connectivity index (χ3n) is 4.17. The number of hydrogen-bond donors (Lipinski definition) is 1. The molecule has 22 heavy (non-hydrogen) atoms. The van der Waals surface area contributed by atoms with E-state index in [1.165, 1.54) is 0 Å². The number of hydrazine groups is 1. The normalized spacial score (nSPS) is 18.3. The minimum Gasteiger partial charge on any atom is -0.273 e. The van der Waals surface area contributed by atoms with Crippen molar-refractivity contribution in [2.45, 2.75) is 39.2 Å². The lowest BCUT2D eigenvalue weighted by atomic mass is 9.86. The molecule has 1 aliphatic rings. The molecule has 4 nitrogen and oxygen atoms in total. The van der Waals surface area contributed by atoms with E-state index in [1.54, 1.807) is 17.1 Å². The van der Waals surface area contributed by atoms with E-state index in [-0.39, 0.29) is 11.9 Å². The molecule has 0 aliphatic carbocycles. The lowest BCUT2D eigenvalue weighted by Crippen LogP contribution is -2.46. The van der Waals surface area contributed by atoms with E-state index in [0.29, 0.717) is 11.4 Å². The highest BCUT2D eigenvalue weighted by atomic mass is 35.5. The van der Waals surface area contributed by atoms with Crippen LogP contribution >= 0.6 is 11.6 Å². The number of nitriles is 1. The largest absolute Gasteiger partial charge is 0.273 e. The molecule has 0 spiro atoms. The third kappa shape index (κ3) is 3.60. The van der Waals surface area contributed by atoms with Gasteiger partial charge in [0.15, 0.2) is 0 Å². The van der Waals surface area contributed by atoms with E-state index in [9.17, 15) is 4.79 Å². The van der Waals surface area contributed by atoms with Crippen LogP contribution in [0.15, 0.2) is 24.3 Å². The molecule has 1 aromatic rings. The summed E-state index contributed by atoms with van der Waals surface area (Å²) in [6, 6.07) is 9.61. The number of carbonyl (C=O) groups excluding carboxylic acids is 1. The highest BCUT2D eigenvalue weighted by Crippen LogP contribution is 2.33. The van der Waals surface area contributed by atoms with E-state index < -0.39 is 5.41 Å². The van der Waals surface area contributed by atoms with Gasteiger partial charge in [0.1, 0.15) is 0 Å². The molecule has 0 saturated carbocycles. The standard InChI is InChI=1S/C17H22ClN3O/c1-17(2,9-3-10-18)16(22)21-15(8-11-20-21)14-6-4-13(12-19)5-7-14/h4-7,15,20H,3,8-11H2,1-2H3. The average Bonchev–Trinajstić information content (AvgIpc) is 3.01. The van der Waals surface area contributed by atoms with Crippen molar-refractivity contribution in [2.75, 3.05) is 12.4 Å². The molecule has 118 valence electrons. The molecule has 2 rings (SSSR count). The summed E-state index contributed by atoms with van der Waals surface area (Å²) < 4.78 is 0. The van der Waals surface area contributed by atoms with Gasteiger partial charge in [0, 0.05) is 17.8 Å². The zero-order chi connectivity index (χ0) is 16.2. The van der Waals surface area contributed by atoms with Crippen molar-refractivity contribution >= 4 is 17.5 Å². The molecule has 0 radical (unpaired) electrons. The van der Waals surface area contributed by atoms with Crippen LogP contribution in [0, 0.1) is 16.7 Å². The van der Waals surface area contributed by atoms with Gasteiger partial charge in [0.05, 0.1) is 17.7 Å². The number of amides is 1. The van der Waals surface area contributed by atoms with Gasteiger partial charge in [-0.05, 0) is 37.0 Å². The Labute approximate surface area is 137 Å². The minimum atomic E-state index is -0.433. The lowest BCUT2D eigenvalue weighted by Gasteiger charge is -2.33. The Morgan fingerprint density at radius 2 is 2.14 bits per heavy atom. The Morgan fingerprint density at radius 1 is 1.45 bits per heavy atom. The lowest BCUT2D eigenvalue weighted by molar-refractivity contribution is -0.145. The molecule has 1 fully saturated rings. The first-order valence-electron chi connectivity index (χ1n) is 7.63. The van der Waals surface area contributed by atoms with Crippen molar-refractivity contribution in [3.8, 4) is 6.07 Å². The molecule has 1 N–H and O–H groups in total. The van der Waals surface area contributed by atoms with E-state index >= 15 is 0 Å². The van der Waals surface area contributed by atoms with E-state index in [0.717, 1.165) is 31.4 Å². The second kappa shape index (κ2) is 7.13. The van der Waals surface area contributed by atoms with Crippen molar-refractivity contribution in [1.82, 2.24) is 10.4 Å². The Balaban J connectivity index is 2.15. The first kappa shape index (κ1) is 16.8. The second-order valence-electron chi connectivity index (χ2n) is 6.30. The van der Waals surface area contributed by atoms with Crippen LogP contribution in [0.1, 0.15) is 50.3 Å². The molecule has 1 saturated heterocycles. The molecule has 1 amide bonds. The monoisotopic (exact) mass is 319 g/mol. The molecule has 1 aliphatic heterocycles. The highest BCUT2D eigenvalue weighted by Gasteiger charge is 2.38. The van der Waals surface area contributed by atoms with E-state index in [1.807, 2.05) is 26.0 Å². The van der Waals surface area contributed by atoms with Gasteiger partial charge in [-0.25, -0.2) is 5.43 Å². The molecule has 5 heteroatoms. The maximum atomic E-state index is 12.8. The van der Waals surface area contributed by atoms with Crippen LogP contribution in [0.3, 0.4) is 0 Å². The van der Waals surface area contributed by atoms with Crippen molar-refractivity contribution in [2.24, 2.45) is 5.41 Å². The number of rotatable bonds is 5. The van der Waals surface area contributed by atoms with Gasteiger partial charge in [-0.15, -0.1) is 11.6 Å². The fourth-order valence-corrected chi connectivity index (χ4v) is 2.95. The number of benzene rings is 1. The van der Waals surface area contributed by atoms with E-state index in [2.05, 4.69) is 11.5 Å². The van der Waals surface area contributed by atoms with Gasteiger partial charge < -0.3 is 0 Å². The van der Waals surface area contributed by atoms with Crippen molar-refractivity contribution in [3.63, 3.8) is 0 Å². The molecule has 1 unspecified atom stereocenters. The molecule has 0 aromatic heterocycles. The van der Waals surface area contributed by atoms with Gasteiger partial charge in [-0.2, -0.15) is 5.26 Å². The van der Waals surface area contributed by atoms with Crippen LogP contribution in [0.4, 0.5) is 0 Å². The first-order valence-corrected chi connectivity index (χ1v) is 8.16.